The van der Waals surface area contributed by atoms with E-state index in [4.69, 9.17) is 18.0 Å². The van der Waals surface area contributed by atoms with E-state index in [2.05, 4.69) is 15.8 Å². The van der Waals surface area contributed by atoms with Gasteiger partial charge in [0.1, 0.15) is 11.3 Å². The first-order chi connectivity index (χ1) is 7.20. The summed E-state index contributed by atoms with van der Waals surface area (Å²) in [6.07, 6.45) is 1.26. The van der Waals surface area contributed by atoms with E-state index in [-0.39, 0.29) is 0 Å². The van der Waals surface area contributed by atoms with Gasteiger partial charge in [0.25, 0.3) is 0 Å². The third kappa shape index (κ3) is 4.19. The first-order valence-electron chi connectivity index (χ1n) is 4.13. The molecule has 0 saturated heterocycles. The summed E-state index contributed by atoms with van der Waals surface area (Å²) < 4.78 is 0. The first-order valence-corrected chi connectivity index (χ1v) is 4.54. The van der Waals surface area contributed by atoms with Gasteiger partial charge in [-0.15, -0.1) is 0 Å². The Morgan fingerprint density at radius 1 is 1.40 bits per heavy atom. The number of hydrazine groups is 1. The zero-order valence-electron chi connectivity index (χ0n) is 7.81. The van der Waals surface area contributed by atoms with Crippen molar-refractivity contribution in [1.29, 1.82) is 0 Å². The van der Waals surface area contributed by atoms with Crippen molar-refractivity contribution in [2.45, 2.75) is 0 Å². The van der Waals surface area contributed by atoms with Crippen molar-refractivity contribution in [3.05, 3.63) is 35.9 Å². The fourth-order valence-electron chi connectivity index (χ4n) is 0.850. The van der Waals surface area contributed by atoms with Crippen LogP contribution in [0.4, 0.5) is 4.79 Å². The molecule has 4 N–H and O–H groups in total. The van der Waals surface area contributed by atoms with Gasteiger partial charge in [-0.3, -0.25) is 10.9 Å². The second-order valence-electron chi connectivity index (χ2n) is 2.56. The molecule has 0 radical (unpaired) electrons. The maximum Gasteiger partial charge on any atom is 0.330 e. The van der Waals surface area contributed by atoms with Gasteiger partial charge in [-0.2, -0.15) is 0 Å². The van der Waals surface area contributed by atoms with Gasteiger partial charge in [0.05, 0.1) is 0 Å². The summed E-state index contributed by atoms with van der Waals surface area (Å²) in [5.74, 6) is 0. The van der Waals surface area contributed by atoms with Gasteiger partial charge in [-0.1, -0.05) is 42.5 Å². The Kier molecular flexibility index (Phi) is 4.24. The number of hydrogen-bond donors (Lipinski definition) is 3. The molecule has 78 valence electrons. The fraction of sp³-hybridized carbons (Fsp3) is 0. The Morgan fingerprint density at radius 2 is 2.07 bits per heavy atom. The molecule has 0 heterocycles. The molecule has 0 fully saturated rings. The Morgan fingerprint density at radius 3 is 2.67 bits per heavy atom. The van der Waals surface area contributed by atoms with Crippen molar-refractivity contribution >= 4 is 29.6 Å². The van der Waals surface area contributed by atoms with E-state index in [1.165, 1.54) is 6.34 Å². The molecule has 1 aromatic carbocycles. The number of benzene rings is 1. The number of carbonyl (C=O) groups excluding carboxylic acids is 1. The molecule has 0 bridgehead atoms. The summed E-state index contributed by atoms with van der Waals surface area (Å²) in [5, 5.41) is 0. The van der Waals surface area contributed by atoms with Gasteiger partial charge in [0, 0.05) is 5.56 Å². The number of nitrogens with two attached hydrogens (primary N) is 1. The predicted octanol–water partition coefficient (Wildman–Crippen LogP) is 0.563. The van der Waals surface area contributed by atoms with Gasteiger partial charge in [0.2, 0.25) is 0 Å². The minimum absolute atomic E-state index is 0.425. The monoisotopic (exact) mass is 222 g/mol. The number of nitrogens with zero attached hydrogens (tertiary/aromatic N) is 1. The third-order valence-electron chi connectivity index (χ3n) is 1.46. The summed E-state index contributed by atoms with van der Waals surface area (Å²) in [4.78, 5) is 14.6. The van der Waals surface area contributed by atoms with Crippen molar-refractivity contribution in [3.63, 3.8) is 0 Å². The lowest BCUT2D eigenvalue weighted by Gasteiger charge is -1.99. The lowest BCUT2D eigenvalue weighted by molar-refractivity contribution is 0.247. The highest BCUT2D eigenvalue weighted by atomic mass is 32.1. The highest BCUT2D eigenvalue weighted by Crippen LogP contribution is 2.01. The van der Waals surface area contributed by atoms with Crippen LogP contribution in [0, 0.1) is 0 Å². The third-order valence-corrected chi connectivity index (χ3v) is 1.80. The summed E-state index contributed by atoms with van der Waals surface area (Å²) in [5.41, 5.74) is 10.2. The topological polar surface area (TPSA) is 79.5 Å². The molecule has 15 heavy (non-hydrogen) atoms. The van der Waals surface area contributed by atoms with Crippen molar-refractivity contribution in [1.82, 2.24) is 10.9 Å². The molecular weight excluding hydrogens is 212 g/mol. The van der Waals surface area contributed by atoms with Crippen LogP contribution in [-0.4, -0.2) is 17.4 Å². The lowest BCUT2D eigenvalue weighted by atomic mass is 10.2. The molecule has 2 amide bonds. The lowest BCUT2D eigenvalue weighted by Crippen LogP contribution is -2.40. The molecule has 0 spiro atoms. The van der Waals surface area contributed by atoms with E-state index in [1.807, 2.05) is 30.3 Å². The van der Waals surface area contributed by atoms with Crippen LogP contribution < -0.4 is 16.6 Å². The Labute approximate surface area is 92.4 Å². The smallest absolute Gasteiger partial charge is 0.330 e. The minimum atomic E-state index is -0.688. The second kappa shape index (κ2) is 5.71. The summed E-state index contributed by atoms with van der Waals surface area (Å²) in [6.45, 7) is 0. The SMILES string of the molecule is NC(=O)NNC=NC(=S)c1ccccc1. The molecule has 0 aliphatic carbocycles. The number of nitrogens with one attached hydrogen (secondary N) is 2. The molecule has 1 aromatic rings. The molecule has 0 aromatic heterocycles. The van der Waals surface area contributed by atoms with Gasteiger partial charge in [-0.25, -0.2) is 9.79 Å². The summed E-state index contributed by atoms with van der Waals surface area (Å²) in [6, 6.07) is 8.64. The Balaban J connectivity index is 2.46. The number of aliphatic imine (C=N–C) groups is 1. The van der Waals surface area contributed by atoms with Crippen molar-refractivity contribution in [2.75, 3.05) is 0 Å². The average Bonchev–Trinajstić information content (AvgIpc) is 2.25. The number of urea groups is 1. The zero-order chi connectivity index (χ0) is 11.1. The molecule has 0 aliphatic heterocycles. The molecule has 0 unspecified atom stereocenters. The maximum atomic E-state index is 10.3. The minimum Gasteiger partial charge on any atom is -0.350 e. The Hall–Kier alpha value is -1.95. The number of carbonyl (C=O) groups is 1. The van der Waals surface area contributed by atoms with Crippen molar-refractivity contribution in [2.24, 2.45) is 10.7 Å². The van der Waals surface area contributed by atoms with Crippen LogP contribution in [0.15, 0.2) is 35.3 Å². The highest BCUT2D eigenvalue weighted by Gasteiger charge is 1.95. The number of primary amides is 1. The largest absolute Gasteiger partial charge is 0.350 e. The van der Waals surface area contributed by atoms with E-state index < -0.39 is 6.03 Å². The van der Waals surface area contributed by atoms with E-state index in [1.54, 1.807) is 0 Å². The number of amides is 2. The predicted molar refractivity (Wildman–Crippen MR) is 62.5 cm³/mol. The van der Waals surface area contributed by atoms with E-state index in [0.29, 0.717) is 4.99 Å². The van der Waals surface area contributed by atoms with Crippen LogP contribution >= 0.6 is 12.2 Å². The van der Waals surface area contributed by atoms with Crippen LogP contribution in [0.1, 0.15) is 5.56 Å². The van der Waals surface area contributed by atoms with Gasteiger partial charge < -0.3 is 5.73 Å². The molecular formula is C9H10N4OS. The molecule has 1 rings (SSSR count). The summed E-state index contributed by atoms with van der Waals surface area (Å²) >= 11 is 5.02. The van der Waals surface area contributed by atoms with E-state index >= 15 is 0 Å². The molecule has 0 saturated carbocycles. The summed E-state index contributed by atoms with van der Waals surface area (Å²) in [7, 11) is 0. The van der Waals surface area contributed by atoms with Gasteiger partial charge in [0.15, 0.2) is 0 Å². The fourth-order valence-corrected chi connectivity index (χ4v) is 1.04. The highest BCUT2D eigenvalue weighted by molar-refractivity contribution is 7.80. The molecule has 0 atom stereocenters. The maximum absolute atomic E-state index is 10.3. The van der Waals surface area contributed by atoms with Crippen molar-refractivity contribution in [3.8, 4) is 0 Å². The van der Waals surface area contributed by atoms with Gasteiger partial charge >= 0.3 is 6.03 Å². The quantitative estimate of drug-likeness (QED) is 0.302. The van der Waals surface area contributed by atoms with E-state index in [9.17, 15) is 4.79 Å². The zero-order valence-corrected chi connectivity index (χ0v) is 8.62. The molecule has 0 aliphatic rings. The number of rotatable bonds is 3. The average molecular weight is 222 g/mol. The second-order valence-corrected chi connectivity index (χ2v) is 2.95. The van der Waals surface area contributed by atoms with Crippen LogP contribution in [0.25, 0.3) is 0 Å². The number of thiocarbonyl (C=S) groups is 1. The van der Waals surface area contributed by atoms with Crippen LogP contribution in [0.2, 0.25) is 0 Å². The standard InChI is InChI=1S/C9H10N4OS/c10-9(14)13-12-6-11-8(15)7-4-2-1-3-5-7/h1-6H,(H3,10,13,14)(H,11,12,15). The van der Waals surface area contributed by atoms with E-state index in [0.717, 1.165) is 5.56 Å². The van der Waals surface area contributed by atoms with Crippen LogP contribution in [0.5, 0.6) is 0 Å². The molecule has 5 nitrogen and oxygen atoms in total. The van der Waals surface area contributed by atoms with Crippen LogP contribution in [-0.2, 0) is 0 Å². The normalized spacial score (nSPS) is 9.87. The first kappa shape index (κ1) is 11.1. The molecule has 6 heteroatoms. The van der Waals surface area contributed by atoms with Crippen LogP contribution in [0.3, 0.4) is 0 Å². The van der Waals surface area contributed by atoms with Crippen molar-refractivity contribution < 1.29 is 4.79 Å². The van der Waals surface area contributed by atoms with Gasteiger partial charge in [-0.05, 0) is 0 Å². The Bertz CT molecular complexity index is 377. The number of hydrogen-bond acceptors (Lipinski definition) is 2.